The van der Waals surface area contributed by atoms with Gasteiger partial charge in [-0.3, -0.25) is 9.79 Å². The summed E-state index contributed by atoms with van der Waals surface area (Å²) < 4.78 is 0. The quantitative estimate of drug-likeness (QED) is 0.222. The molecule has 0 fully saturated rings. The minimum Gasteiger partial charge on any atom is -0.405 e. The van der Waals surface area contributed by atoms with Gasteiger partial charge < -0.3 is 21.3 Å². The number of aliphatic imine (C=N–C) groups is 1. The number of hydrogen-bond donors (Lipinski definition) is 3. The molecule has 0 radical (unpaired) electrons. The van der Waals surface area contributed by atoms with Gasteiger partial charge in [0.1, 0.15) is 0 Å². The van der Waals surface area contributed by atoms with Gasteiger partial charge in [-0.1, -0.05) is 18.2 Å². The molecular formula is C26H30N6OS. The SMILES string of the molecule is NC=CC=Nc1ccc(Cc2cnc(N3CCc4ccc(NCCCNC=O)cc4C3)s2)cc1. The maximum atomic E-state index is 10.3. The Balaban J connectivity index is 1.34. The average molecular weight is 475 g/mol. The van der Waals surface area contributed by atoms with Crippen LogP contribution in [0.3, 0.4) is 0 Å². The van der Waals surface area contributed by atoms with Crippen LogP contribution in [0.5, 0.6) is 0 Å². The second-order valence-electron chi connectivity index (χ2n) is 8.12. The van der Waals surface area contributed by atoms with Gasteiger partial charge in [0.25, 0.3) is 0 Å². The lowest BCUT2D eigenvalue weighted by Gasteiger charge is -2.29. The number of rotatable bonds is 11. The summed E-state index contributed by atoms with van der Waals surface area (Å²) in [7, 11) is 0. The Kier molecular flexibility index (Phi) is 8.29. The number of carbonyl (C=O) groups is 1. The topological polar surface area (TPSA) is 95.6 Å². The van der Waals surface area contributed by atoms with Crippen molar-refractivity contribution >= 4 is 40.5 Å². The van der Waals surface area contributed by atoms with E-state index >= 15 is 0 Å². The van der Waals surface area contributed by atoms with E-state index in [1.54, 1.807) is 23.6 Å². The number of aromatic nitrogens is 1. The number of thiazole rings is 1. The summed E-state index contributed by atoms with van der Waals surface area (Å²) in [4.78, 5) is 23.0. The lowest BCUT2D eigenvalue weighted by molar-refractivity contribution is -0.109. The van der Waals surface area contributed by atoms with Gasteiger partial charge >= 0.3 is 0 Å². The van der Waals surface area contributed by atoms with Crippen LogP contribution in [-0.2, 0) is 24.2 Å². The Bertz CT molecular complexity index is 1140. The number of benzene rings is 2. The molecule has 2 aromatic carbocycles. The van der Waals surface area contributed by atoms with E-state index in [-0.39, 0.29) is 0 Å². The predicted molar refractivity (Wildman–Crippen MR) is 141 cm³/mol. The molecule has 4 N–H and O–H groups in total. The van der Waals surface area contributed by atoms with Crippen LogP contribution in [0.15, 0.2) is 65.9 Å². The van der Waals surface area contributed by atoms with Gasteiger partial charge in [0.05, 0.1) is 5.69 Å². The van der Waals surface area contributed by atoms with E-state index in [0.29, 0.717) is 6.54 Å². The molecule has 1 aliphatic rings. The van der Waals surface area contributed by atoms with Crippen LogP contribution in [0.2, 0.25) is 0 Å². The Morgan fingerprint density at radius 2 is 2.03 bits per heavy atom. The number of nitrogens with one attached hydrogen (secondary N) is 2. The molecule has 0 spiro atoms. The Morgan fingerprint density at radius 1 is 1.15 bits per heavy atom. The van der Waals surface area contributed by atoms with Gasteiger partial charge in [-0.2, -0.15) is 0 Å². The monoisotopic (exact) mass is 474 g/mol. The molecule has 3 aromatic rings. The molecule has 0 saturated heterocycles. The van der Waals surface area contributed by atoms with Crippen LogP contribution in [-0.4, -0.2) is 37.2 Å². The predicted octanol–water partition coefficient (Wildman–Crippen LogP) is 4.02. The summed E-state index contributed by atoms with van der Waals surface area (Å²) in [6.07, 6.45) is 10.4. The summed E-state index contributed by atoms with van der Waals surface area (Å²) in [5, 5.41) is 7.22. The van der Waals surface area contributed by atoms with Crippen molar-refractivity contribution in [3.05, 3.63) is 82.5 Å². The molecule has 4 rings (SSSR count). The van der Waals surface area contributed by atoms with Crippen molar-refractivity contribution in [1.82, 2.24) is 10.3 Å². The number of allylic oxidation sites excluding steroid dienone is 1. The number of nitrogens with two attached hydrogens (primary N) is 1. The van der Waals surface area contributed by atoms with E-state index < -0.39 is 0 Å². The van der Waals surface area contributed by atoms with Crippen molar-refractivity contribution < 1.29 is 4.79 Å². The van der Waals surface area contributed by atoms with Gasteiger partial charge in [-0.05, 0) is 66.1 Å². The van der Waals surface area contributed by atoms with Gasteiger partial charge in [-0.25, -0.2) is 4.98 Å². The van der Waals surface area contributed by atoms with Crippen molar-refractivity contribution in [3.8, 4) is 0 Å². The molecular weight excluding hydrogens is 444 g/mol. The number of hydrogen-bond acceptors (Lipinski definition) is 7. The zero-order chi connectivity index (χ0) is 23.6. The molecule has 7 nitrogen and oxygen atoms in total. The van der Waals surface area contributed by atoms with Gasteiger partial charge in [0.15, 0.2) is 5.13 Å². The maximum absolute atomic E-state index is 10.3. The summed E-state index contributed by atoms with van der Waals surface area (Å²) >= 11 is 1.77. The molecule has 0 unspecified atom stereocenters. The van der Waals surface area contributed by atoms with E-state index in [2.05, 4.69) is 50.9 Å². The zero-order valence-electron chi connectivity index (χ0n) is 19.1. The van der Waals surface area contributed by atoms with Crippen LogP contribution >= 0.6 is 11.3 Å². The Labute approximate surface area is 204 Å². The fourth-order valence-electron chi connectivity index (χ4n) is 3.92. The van der Waals surface area contributed by atoms with E-state index in [1.807, 2.05) is 18.3 Å². The summed E-state index contributed by atoms with van der Waals surface area (Å²) in [5.41, 5.74) is 11.4. The smallest absolute Gasteiger partial charge is 0.207 e. The molecule has 2 heterocycles. The third-order valence-corrected chi connectivity index (χ3v) is 6.73. The molecule has 1 amide bonds. The first-order valence-corrected chi connectivity index (χ1v) is 12.3. The van der Waals surface area contributed by atoms with E-state index in [9.17, 15) is 4.79 Å². The highest BCUT2D eigenvalue weighted by Gasteiger charge is 2.19. The third-order valence-electron chi connectivity index (χ3n) is 5.68. The Morgan fingerprint density at radius 3 is 2.85 bits per heavy atom. The number of fused-ring (bicyclic) bond motifs is 1. The minimum atomic E-state index is 0.687. The lowest BCUT2D eigenvalue weighted by atomic mass is 9.99. The molecule has 0 aliphatic carbocycles. The minimum absolute atomic E-state index is 0.687. The highest BCUT2D eigenvalue weighted by atomic mass is 32.1. The average Bonchev–Trinajstić information content (AvgIpc) is 3.33. The first-order chi connectivity index (χ1) is 16.7. The third kappa shape index (κ3) is 6.45. The molecule has 0 saturated carbocycles. The maximum Gasteiger partial charge on any atom is 0.207 e. The zero-order valence-corrected chi connectivity index (χ0v) is 19.9. The number of carbonyl (C=O) groups excluding carboxylic acids is 1. The molecule has 8 heteroatoms. The highest BCUT2D eigenvalue weighted by Crippen LogP contribution is 2.30. The van der Waals surface area contributed by atoms with E-state index in [0.717, 1.165) is 61.8 Å². The molecule has 1 aliphatic heterocycles. The number of nitrogens with zero attached hydrogens (tertiary/aromatic N) is 3. The van der Waals surface area contributed by atoms with Crippen LogP contribution in [0.1, 0.15) is 28.0 Å². The second kappa shape index (κ2) is 12.0. The summed E-state index contributed by atoms with van der Waals surface area (Å²) in [6, 6.07) is 14.9. The molecule has 0 bridgehead atoms. The van der Waals surface area contributed by atoms with Crippen LogP contribution < -0.4 is 21.3 Å². The largest absolute Gasteiger partial charge is 0.405 e. The van der Waals surface area contributed by atoms with Crippen LogP contribution in [0, 0.1) is 0 Å². The van der Waals surface area contributed by atoms with Crippen molar-refractivity contribution in [2.75, 3.05) is 29.9 Å². The first kappa shape index (κ1) is 23.5. The second-order valence-corrected chi connectivity index (χ2v) is 9.22. The fraction of sp³-hybridized carbons (Fsp3) is 0.269. The van der Waals surface area contributed by atoms with Crippen molar-refractivity contribution in [1.29, 1.82) is 0 Å². The molecule has 176 valence electrons. The fourth-order valence-corrected chi connectivity index (χ4v) is 4.89. The number of amides is 1. The molecule has 0 atom stereocenters. The summed E-state index contributed by atoms with van der Waals surface area (Å²) in [6.45, 7) is 3.37. The van der Waals surface area contributed by atoms with Crippen molar-refractivity contribution in [3.63, 3.8) is 0 Å². The van der Waals surface area contributed by atoms with Crippen LogP contribution in [0.25, 0.3) is 0 Å². The molecule has 1 aromatic heterocycles. The molecule has 34 heavy (non-hydrogen) atoms. The Hall–Kier alpha value is -3.65. The van der Waals surface area contributed by atoms with Gasteiger partial charge in [0, 0.05) is 55.6 Å². The van der Waals surface area contributed by atoms with Crippen molar-refractivity contribution in [2.24, 2.45) is 10.7 Å². The van der Waals surface area contributed by atoms with Crippen molar-refractivity contribution in [2.45, 2.75) is 25.8 Å². The van der Waals surface area contributed by atoms with E-state index in [1.165, 1.54) is 27.8 Å². The normalized spacial score (nSPS) is 13.4. The highest BCUT2D eigenvalue weighted by molar-refractivity contribution is 7.15. The van der Waals surface area contributed by atoms with Gasteiger partial charge in [-0.15, -0.1) is 11.3 Å². The number of anilines is 2. The first-order valence-electron chi connectivity index (χ1n) is 11.5. The lowest BCUT2D eigenvalue weighted by Crippen LogP contribution is -2.30. The summed E-state index contributed by atoms with van der Waals surface area (Å²) in [5.74, 6) is 0. The van der Waals surface area contributed by atoms with Crippen LogP contribution in [0.4, 0.5) is 16.5 Å². The van der Waals surface area contributed by atoms with E-state index in [4.69, 9.17) is 10.7 Å². The van der Waals surface area contributed by atoms with Gasteiger partial charge in [0.2, 0.25) is 6.41 Å². The standard InChI is InChI=1S/C26H30N6OS/c27-10-1-12-29-23-6-3-20(4-7-23)15-25-17-31-26(34-25)32-14-9-21-5-8-24(16-22(21)18-32)30-13-2-11-28-19-33/h1,3-8,10,12,16-17,19,30H,2,9,11,13-15,18,27H2,(H,28,33).